The van der Waals surface area contributed by atoms with Crippen molar-refractivity contribution < 1.29 is 9.84 Å². The Morgan fingerprint density at radius 3 is 3.19 bits per heavy atom. The Bertz CT molecular complexity index is 481. The van der Waals surface area contributed by atoms with Crippen molar-refractivity contribution in [3.8, 4) is 0 Å². The molecule has 0 aliphatic carbocycles. The maximum atomic E-state index is 8.52. The number of hydrogen-bond donors (Lipinski definition) is 2. The molecule has 0 fully saturated rings. The summed E-state index contributed by atoms with van der Waals surface area (Å²) in [4.78, 5) is 4.12. The van der Waals surface area contributed by atoms with Gasteiger partial charge in [0.1, 0.15) is 5.01 Å². The summed E-state index contributed by atoms with van der Waals surface area (Å²) in [5.41, 5.74) is 5.64. The Hall–Kier alpha value is -1.61. The molecule has 0 atom stereocenters. The topological polar surface area (TPSA) is 110 Å². The Kier molecular flexibility index (Phi) is 3.37. The van der Waals surface area contributed by atoms with Crippen LogP contribution in [-0.2, 0) is 5.75 Å². The minimum atomic E-state index is -0.122. The lowest BCUT2D eigenvalue weighted by Gasteiger charge is -1.95. The molecule has 2 heterocycles. The molecule has 0 bridgehead atoms. The quantitative estimate of drug-likeness (QED) is 0.275. The fourth-order valence-corrected chi connectivity index (χ4v) is 2.48. The van der Waals surface area contributed by atoms with Crippen molar-refractivity contribution in [1.29, 1.82) is 0 Å². The van der Waals surface area contributed by atoms with Crippen molar-refractivity contribution in [2.75, 3.05) is 0 Å². The average Bonchev–Trinajstić information content (AvgIpc) is 2.96. The Balaban J connectivity index is 2.07. The number of oxime groups is 1. The second kappa shape index (κ2) is 4.94. The van der Waals surface area contributed by atoms with E-state index in [9.17, 15) is 0 Å². The van der Waals surface area contributed by atoms with Gasteiger partial charge in [-0.05, 0) is 10.3 Å². The maximum Gasteiger partial charge on any atom is 0.195 e. The van der Waals surface area contributed by atoms with E-state index in [1.165, 1.54) is 11.8 Å². The molecule has 0 amide bonds. The second-order valence-electron chi connectivity index (χ2n) is 2.62. The van der Waals surface area contributed by atoms with Crippen molar-refractivity contribution >= 4 is 28.9 Å². The third-order valence-electron chi connectivity index (χ3n) is 1.62. The number of nitrogens with zero attached hydrogens (tertiary/aromatic N) is 4. The summed E-state index contributed by atoms with van der Waals surface area (Å²) in [6, 6.07) is 0. The highest BCUT2D eigenvalue weighted by molar-refractivity contribution is 7.98. The lowest BCUT2D eigenvalue weighted by Crippen LogP contribution is -2.14. The van der Waals surface area contributed by atoms with E-state index in [2.05, 4.69) is 25.1 Å². The minimum Gasteiger partial charge on any atom is -0.409 e. The zero-order valence-electron chi connectivity index (χ0n) is 7.90. The van der Waals surface area contributed by atoms with Gasteiger partial charge in [0.25, 0.3) is 0 Å². The molecule has 0 unspecified atom stereocenters. The number of thioether (sulfide) groups is 1. The summed E-state index contributed by atoms with van der Waals surface area (Å²) < 4.78 is 4.53. The van der Waals surface area contributed by atoms with Crippen LogP contribution in [0.25, 0.3) is 0 Å². The van der Waals surface area contributed by atoms with Crippen LogP contribution >= 0.6 is 23.1 Å². The molecule has 0 saturated carbocycles. The van der Waals surface area contributed by atoms with Crippen LogP contribution in [0.2, 0.25) is 0 Å². The number of amidine groups is 1. The van der Waals surface area contributed by atoms with Crippen molar-refractivity contribution in [2.24, 2.45) is 10.9 Å². The van der Waals surface area contributed by atoms with Gasteiger partial charge in [-0.25, -0.2) is 9.61 Å². The minimum absolute atomic E-state index is 0.122. The van der Waals surface area contributed by atoms with Crippen LogP contribution in [0.1, 0.15) is 10.7 Å². The zero-order valence-corrected chi connectivity index (χ0v) is 9.53. The van der Waals surface area contributed by atoms with Crippen LogP contribution in [0.3, 0.4) is 0 Å². The standard InChI is InChI=1S/C7H7N5O2S2/c8-6(10-13)5-7(12-14-11-5)16-3-4-9-1-2-15-4/h1-2,13H,3H2,(H2,8,10). The number of nitrogens with two attached hydrogens (primary N) is 1. The first-order valence-electron chi connectivity index (χ1n) is 4.13. The van der Waals surface area contributed by atoms with Crippen molar-refractivity contribution in [1.82, 2.24) is 15.3 Å². The van der Waals surface area contributed by atoms with Crippen LogP contribution in [0.4, 0.5) is 0 Å². The van der Waals surface area contributed by atoms with Gasteiger partial charge in [-0.2, -0.15) is 0 Å². The highest BCUT2D eigenvalue weighted by atomic mass is 32.2. The van der Waals surface area contributed by atoms with E-state index >= 15 is 0 Å². The number of thiazole rings is 1. The molecule has 7 nitrogen and oxygen atoms in total. The van der Waals surface area contributed by atoms with Crippen molar-refractivity contribution in [3.63, 3.8) is 0 Å². The molecule has 2 aromatic heterocycles. The fourth-order valence-electron chi connectivity index (χ4n) is 0.933. The molecule has 0 aliphatic heterocycles. The molecule has 0 aliphatic rings. The van der Waals surface area contributed by atoms with E-state index < -0.39 is 0 Å². The van der Waals surface area contributed by atoms with Gasteiger partial charge in [0.15, 0.2) is 16.6 Å². The first-order chi connectivity index (χ1) is 7.81. The molecule has 16 heavy (non-hydrogen) atoms. The monoisotopic (exact) mass is 257 g/mol. The summed E-state index contributed by atoms with van der Waals surface area (Å²) in [7, 11) is 0. The molecular formula is C7H7N5O2S2. The Morgan fingerprint density at radius 1 is 1.62 bits per heavy atom. The largest absolute Gasteiger partial charge is 0.409 e. The summed E-state index contributed by atoms with van der Waals surface area (Å²) in [6.07, 6.45) is 1.73. The second-order valence-corrected chi connectivity index (χ2v) is 4.56. The first-order valence-corrected chi connectivity index (χ1v) is 5.99. The lowest BCUT2D eigenvalue weighted by molar-refractivity contribution is 0.296. The van der Waals surface area contributed by atoms with Gasteiger partial charge in [0.2, 0.25) is 0 Å². The maximum absolute atomic E-state index is 8.52. The normalized spacial score (nSPS) is 11.9. The summed E-state index contributed by atoms with van der Waals surface area (Å²) in [6.45, 7) is 0. The average molecular weight is 257 g/mol. The predicted molar refractivity (Wildman–Crippen MR) is 58.5 cm³/mol. The van der Waals surface area contributed by atoms with Gasteiger partial charge in [0.05, 0.1) is 5.75 Å². The Morgan fingerprint density at radius 2 is 2.50 bits per heavy atom. The van der Waals surface area contributed by atoms with Crippen LogP contribution < -0.4 is 5.73 Å². The van der Waals surface area contributed by atoms with Crippen LogP contribution in [-0.4, -0.2) is 26.3 Å². The van der Waals surface area contributed by atoms with E-state index in [1.807, 2.05) is 5.38 Å². The number of rotatable bonds is 4. The lowest BCUT2D eigenvalue weighted by atomic mass is 10.4. The number of aromatic nitrogens is 3. The molecule has 2 aromatic rings. The highest BCUT2D eigenvalue weighted by Crippen LogP contribution is 2.24. The van der Waals surface area contributed by atoms with Gasteiger partial charge >= 0.3 is 0 Å². The van der Waals surface area contributed by atoms with Crippen molar-refractivity contribution in [2.45, 2.75) is 10.8 Å². The fraction of sp³-hybridized carbons (Fsp3) is 0.143. The molecular weight excluding hydrogens is 250 g/mol. The SMILES string of the molecule is N/C(=N\O)c1nonc1SCc1nccs1. The molecule has 2 rings (SSSR count). The molecule has 0 aromatic carbocycles. The van der Waals surface area contributed by atoms with E-state index in [1.54, 1.807) is 17.5 Å². The molecule has 0 spiro atoms. The summed E-state index contributed by atoms with van der Waals surface area (Å²) in [5.74, 6) is 0.514. The third-order valence-corrected chi connectivity index (χ3v) is 3.55. The van der Waals surface area contributed by atoms with E-state index in [-0.39, 0.29) is 11.5 Å². The third kappa shape index (κ3) is 2.31. The zero-order chi connectivity index (χ0) is 11.4. The first kappa shape index (κ1) is 10.9. The van der Waals surface area contributed by atoms with Gasteiger partial charge < -0.3 is 10.9 Å². The van der Waals surface area contributed by atoms with Crippen LogP contribution in [0, 0.1) is 0 Å². The Labute approximate surface area is 98.3 Å². The highest BCUT2D eigenvalue weighted by Gasteiger charge is 2.15. The smallest absolute Gasteiger partial charge is 0.195 e. The van der Waals surface area contributed by atoms with Crippen LogP contribution in [0.5, 0.6) is 0 Å². The molecule has 3 N–H and O–H groups in total. The summed E-state index contributed by atoms with van der Waals surface area (Å²) in [5, 5.41) is 21.9. The molecule has 9 heteroatoms. The van der Waals surface area contributed by atoms with Gasteiger partial charge in [-0.3, -0.25) is 0 Å². The summed E-state index contributed by atoms with van der Waals surface area (Å²) >= 11 is 2.91. The van der Waals surface area contributed by atoms with Gasteiger partial charge in [-0.1, -0.05) is 16.9 Å². The van der Waals surface area contributed by atoms with Crippen LogP contribution in [0.15, 0.2) is 26.4 Å². The van der Waals surface area contributed by atoms with E-state index in [0.717, 1.165) is 5.01 Å². The molecule has 0 radical (unpaired) electrons. The van der Waals surface area contributed by atoms with Crippen molar-refractivity contribution in [3.05, 3.63) is 22.3 Å². The predicted octanol–water partition coefficient (Wildman–Crippen LogP) is 0.913. The van der Waals surface area contributed by atoms with Gasteiger partial charge in [-0.15, -0.1) is 11.3 Å². The van der Waals surface area contributed by atoms with E-state index in [0.29, 0.717) is 10.8 Å². The molecule has 84 valence electrons. The number of hydrogen-bond acceptors (Lipinski definition) is 8. The van der Waals surface area contributed by atoms with E-state index in [4.69, 9.17) is 10.9 Å². The molecule has 0 saturated heterocycles. The van der Waals surface area contributed by atoms with Gasteiger partial charge in [0, 0.05) is 11.6 Å².